The maximum atomic E-state index is 13.1. The highest BCUT2D eigenvalue weighted by Crippen LogP contribution is 2.30. The van der Waals surface area contributed by atoms with Crippen LogP contribution in [0.15, 0.2) is 18.2 Å². The van der Waals surface area contributed by atoms with E-state index in [0.717, 1.165) is 42.9 Å². The molecule has 0 saturated carbocycles. The fourth-order valence-corrected chi connectivity index (χ4v) is 4.16. The second kappa shape index (κ2) is 6.81. The largest absolute Gasteiger partial charge is 0.322 e. The summed E-state index contributed by atoms with van der Waals surface area (Å²) in [4.78, 5) is 40.7. The van der Waals surface area contributed by atoms with E-state index in [0.29, 0.717) is 19.0 Å². The number of carbonyl (C=O) groups is 3. The summed E-state index contributed by atoms with van der Waals surface area (Å²) in [6.45, 7) is 6.22. The van der Waals surface area contributed by atoms with Crippen LogP contribution in [0.25, 0.3) is 0 Å². The molecule has 2 saturated heterocycles. The van der Waals surface area contributed by atoms with Crippen LogP contribution in [-0.4, -0.2) is 59.2 Å². The third-order valence-electron chi connectivity index (χ3n) is 5.65. The third-order valence-corrected chi connectivity index (χ3v) is 5.65. The monoisotopic (exact) mass is 356 g/mol. The van der Waals surface area contributed by atoms with Crippen LogP contribution in [0.5, 0.6) is 0 Å². The van der Waals surface area contributed by atoms with Gasteiger partial charge < -0.3 is 10.2 Å². The van der Waals surface area contributed by atoms with Gasteiger partial charge in [0.25, 0.3) is 5.91 Å². The van der Waals surface area contributed by atoms with Gasteiger partial charge in [-0.25, -0.2) is 0 Å². The minimum atomic E-state index is -0.557. The molecule has 0 aliphatic carbocycles. The number of nitrogens with zero attached hydrogens (tertiary/aromatic N) is 2. The topological polar surface area (TPSA) is 81.8 Å². The zero-order chi connectivity index (χ0) is 18.3. The summed E-state index contributed by atoms with van der Waals surface area (Å²) in [6, 6.07) is 5.83. The van der Waals surface area contributed by atoms with E-state index in [2.05, 4.69) is 22.5 Å². The van der Waals surface area contributed by atoms with E-state index < -0.39 is 6.04 Å². The minimum absolute atomic E-state index is 0.0899. The van der Waals surface area contributed by atoms with E-state index in [9.17, 15) is 14.4 Å². The van der Waals surface area contributed by atoms with Crippen LogP contribution >= 0.6 is 0 Å². The highest BCUT2D eigenvalue weighted by atomic mass is 16.2. The Hall–Kier alpha value is -2.25. The van der Waals surface area contributed by atoms with Gasteiger partial charge in [-0.1, -0.05) is 18.2 Å². The zero-order valence-electron chi connectivity index (χ0n) is 15.0. The van der Waals surface area contributed by atoms with E-state index in [4.69, 9.17) is 0 Å². The molecule has 4 rings (SSSR count). The summed E-state index contributed by atoms with van der Waals surface area (Å²) in [5, 5.41) is 5.73. The van der Waals surface area contributed by atoms with Gasteiger partial charge in [-0.3, -0.25) is 24.6 Å². The van der Waals surface area contributed by atoms with Crippen LogP contribution in [0.2, 0.25) is 0 Å². The van der Waals surface area contributed by atoms with E-state index in [1.807, 2.05) is 18.2 Å². The van der Waals surface area contributed by atoms with Crippen molar-refractivity contribution in [2.24, 2.45) is 0 Å². The van der Waals surface area contributed by atoms with Crippen molar-refractivity contribution in [3.05, 3.63) is 34.9 Å². The molecule has 3 aliphatic heterocycles. The molecule has 0 spiro atoms. The van der Waals surface area contributed by atoms with Gasteiger partial charge in [0.1, 0.15) is 6.04 Å². The fraction of sp³-hybridized carbons (Fsp3) is 0.526. The zero-order valence-corrected chi connectivity index (χ0v) is 15.0. The maximum Gasteiger partial charge on any atom is 0.255 e. The number of nitrogens with one attached hydrogen (secondary N) is 2. The van der Waals surface area contributed by atoms with Gasteiger partial charge in [-0.2, -0.15) is 0 Å². The number of imide groups is 1. The van der Waals surface area contributed by atoms with Gasteiger partial charge >= 0.3 is 0 Å². The van der Waals surface area contributed by atoms with Gasteiger partial charge in [0.05, 0.1) is 0 Å². The highest BCUT2D eigenvalue weighted by Gasteiger charge is 2.40. The highest BCUT2D eigenvalue weighted by molar-refractivity contribution is 6.05. The van der Waals surface area contributed by atoms with Crippen molar-refractivity contribution in [1.82, 2.24) is 20.4 Å². The Bertz CT molecular complexity index is 763. The molecule has 3 heterocycles. The molecule has 1 unspecified atom stereocenters. The first-order valence-corrected chi connectivity index (χ1v) is 9.25. The first-order valence-electron chi connectivity index (χ1n) is 9.25. The molecule has 26 heavy (non-hydrogen) atoms. The van der Waals surface area contributed by atoms with Crippen LogP contribution in [0.3, 0.4) is 0 Å². The second-order valence-corrected chi connectivity index (χ2v) is 7.37. The molecule has 2 atom stereocenters. The Kier molecular flexibility index (Phi) is 4.50. The molecule has 1 aromatic rings. The van der Waals surface area contributed by atoms with Crippen molar-refractivity contribution in [3.63, 3.8) is 0 Å². The molecule has 0 radical (unpaired) electrons. The molecular weight excluding hydrogens is 332 g/mol. The van der Waals surface area contributed by atoms with Crippen molar-refractivity contribution in [2.45, 2.75) is 44.9 Å². The Morgan fingerprint density at radius 1 is 1.23 bits per heavy atom. The first-order chi connectivity index (χ1) is 12.5. The van der Waals surface area contributed by atoms with Crippen molar-refractivity contribution >= 4 is 17.7 Å². The summed E-state index contributed by atoms with van der Waals surface area (Å²) in [5.41, 5.74) is 2.74. The van der Waals surface area contributed by atoms with Crippen molar-refractivity contribution in [2.75, 3.05) is 19.6 Å². The lowest BCUT2D eigenvalue weighted by Crippen LogP contribution is -2.52. The number of piperidine rings is 1. The number of carbonyl (C=O) groups excluding carboxylic acids is 3. The number of benzene rings is 1. The van der Waals surface area contributed by atoms with Crippen LogP contribution in [0.1, 0.15) is 41.3 Å². The summed E-state index contributed by atoms with van der Waals surface area (Å²) in [5.74, 6) is -0.712. The first kappa shape index (κ1) is 17.2. The Labute approximate surface area is 152 Å². The molecule has 0 aromatic heterocycles. The SMILES string of the molecule is C[C@H]1CNCCN1Cc1cccc2c1C(=O)N(C1CCC(=O)NC1=O)C2. The molecule has 0 bridgehead atoms. The predicted molar refractivity (Wildman–Crippen MR) is 95.2 cm³/mol. The predicted octanol–water partition coefficient (Wildman–Crippen LogP) is 0.241. The number of amides is 3. The van der Waals surface area contributed by atoms with Gasteiger partial charge in [0.2, 0.25) is 11.8 Å². The van der Waals surface area contributed by atoms with Crippen LogP contribution in [-0.2, 0) is 22.7 Å². The number of piperazine rings is 1. The summed E-state index contributed by atoms with van der Waals surface area (Å²) in [6.07, 6.45) is 0.677. The number of rotatable bonds is 3. The lowest BCUT2D eigenvalue weighted by molar-refractivity contribution is -0.136. The Morgan fingerprint density at radius 3 is 2.85 bits per heavy atom. The quantitative estimate of drug-likeness (QED) is 0.759. The normalized spacial score (nSPS) is 26.8. The molecule has 7 nitrogen and oxygen atoms in total. The molecule has 7 heteroatoms. The fourth-order valence-electron chi connectivity index (χ4n) is 4.16. The van der Waals surface area contributed by atoms with Crippen molar-refractivity contribution < 1.29 is 14.4 Å². The third kappa shape index (κ3) is 3.01. The summed E-state index contributed by atoms with van der Waals surface area (Å²) >= 11 is 0. The standard InChI is InChI=1S/C19H24N4O3/c1-12-9-20-7-8-22(12)10-13-3-2-4-14-11-23(19(26)17(13)14)15-5-6-16(24)21-18(15)25/h2-4,12,15,20H,5-11H2,1H3,(H,21,24,25)/t12-,15?/m0/s1. The van der Waals surface area contributed by atoms with E-state index in [-0.39, 0.29) is 24.1 Å². The molecule has 138 valence electrons. The molecule has 1 aromatic carbocycles. The molecule has 2 fully saturated rings. The Balaban J connectivity index is 1.57. The summed E-state index contributed by atoms with van der Waals surface area (Å²) in [7, 11) is 0. The Morgan fingerprint density at radius 2 is 2.08 bits per heavy atom. The molecule has 3 amide bonds. The smallest absolute Gasteiger partial charge is 0.255 e. The van der Waals surface area contributed by atoms with E-state index >= 15 is 0 Å². The average Bonchev–Trinajstić information content (AvgIpc) is 2.95. The van der Waals surface area contributed by atoms with E-state index in [1.54, 1.807) is 4.90 Å². The van der Waals surface area contributed by atoms with Crippen LogP contribution < -0.4 is 10.6 Å². The average molecular weight is 356 g/mol. The number of hydrogen-bond acceptors (Lipinski definition) is 5. The number of hydrogen-bond donors (Lipinski definition) is 2. The van der Waals surface area contributed by atoms with Gasteiger partial charge in [-0.15, -0.1) is 0 Å². The maximum absolute atomic E-state index is 13.1. The second-order valence-electron chi connectivity index (χ2n) is 7.37. The molecule has 2 N–H and O–H groups in total. The van der Waals surface area contributed by atoms with Gasteiger partial charge in [0.15, 0.2) is 0 Å². The summed E-state index contributed by atoms with van der Waals surface area (Å²) < 4.78 is 0. The molecular formula is C19H24N4O3. The lowest BCUT2D eigenvalue weighted by atomic mass is 10.0. The van der Waals surface area contributed by atoms with Gasteiger partial charge in [-0.05, 0) is 24.5 Å². The minimum Gasteiger partial charge on any atom is -0.322 e. The van der Waals surface area contributed by atoms with Crippen molar-refractivity contribution in [1.29, 1.82) is 0 Å². The molecule has 3 aliphatic rings. The van der Waals surface area contributed by atoms with Crippen molar-refractivity contribution in [3.8, 4) is 0 Å². The number of fused-ring (bicyclic) bond motifs is 1. The van der Waals surface area contributed by atoms with Crippen LogP contribution in [0.4, 0.5) is 0 Å². The van der Waals surface area contributed by atoms with Gasteiger partial charge in [0, 0.05) is 50.7 Å². The van der Waals surface area contributed by atoms with E-state index in [1.165, 1.54) is 0 Å². The van der Waals surface area contributed by atoms with Crippen LogP contribution in [0, 0.1) is 0 Å². The lowest BCUT2D eigenvalue weighted by Gasteiger charge is -2.34.